The molecule has 16 heavy (non-hydrogen) atoms. The lowest BCUT2D eigenvalue weighted by Gasteiger charge is -2.29. The summed E-state index contributed by atoms with van der Waals surface area (Å²) in [6.45, 7) is 9.21. The molecule has 1 amide bonds. The Morgan fingerprint density at radius 2 is 2.06 bits per heavy atom. The van der Waals surface area contributed by atoms with Gasteiger partial charge in [-0.25, -0.2) is 0 Å². The number of rotatable bonds is 7. The first-order valence-corrected chi connectivity index (χ1v) is 6.53. The van der Waals surface area contributed by atoms with Crippen molar-refractivity contribution in [2.24, 2.45) is 11.3 Å². The van der Waals surface area contributed by atoms with Crippen LogP contribution in [0, 0.1) is 11.3 Å². The largest absolute Gasteiger partial charge is 0.355 e. The van der Waals surface area contributed by atoms with Crippen molar-refractivity contribution in [1.82, 2.24) is 10.6 Å². The van der Waals surface area contributed by atoms with Crippen LogP contribution in [0.3, 0.4) is 0 Å². The molecule has 0 atom stereocenters. The monoisotopic (exact) mass is 226 g/mol. The molecule has 0 aromatic carbocycles. The Kier molecular flexibility index (Phi) is 5.26. The maximum atomic E-state index is 11.7. The van der Waals surface area contributed by atoms with Crippen molar-refractivity contribution in [2.45, 2.75) is 46.5 Å². The molecule has 0 aromatic heterocycles. The van der Waals surface area contributed by atoms with E-state index in [1.165, 1.54) is 25.7 Å². The van der Waals surface area contributed by atoms with Crippen molar-refractivity contribution in [3.05, 3.63) is 0 Å². The topological polar surface area (TPSA) is 41.1 Å². The van der Waals surface area contributed by atoms with E-state index in [2.05, 4.69) is 31.4 Å². The number of hydrogen-bond acceptors (Lipinski definition) is 2. The van der Waals surface area contributed by atoms with Crippen molar-refractivity contribution in [3.8, 4) is 0 Å². The third-order valence-corrected chi connectivity index (χ3v) is 3.35. The number of nitrogens with one attached hydrogen (secondary N) is 2. The van der Waals surface area contributed by atoms with Crippen molar-refractivity contribution < 1.29 is 4.79 Å². The van der Waals surface area contributed by atoms with Gasteiger partial charge in [0.05, 0.1) is 5.92 Å². The number of carbonyl (C=O) groups excluding carboxylic acids is 1. The molecule has 0 radical (unpaired) electrons. The number of carbonyl (C=O) groups is 1. The Morgan fingerprint density at radius 1 is 1.38 bits per heavy atom. The molecule has 1 aliphatic heterocycles. The maximum Gasteiger partial charge on any atom is 0.225 e. The van der Waals surface area contributed by atoms with Gasteiger partial charge >= 0.3 is 0 Å². The molecule has 1 fully saturated rings. The second-order valence-electron chi connectivity index (χ2n) is 5.69. The molecule has 0 unspecified atom stereocenters. The second-order valence-corrected chi connectivity index (χ2v) is 5.69. The first kappa shape index (κ1) is 13.5. The van der Waals surface area contributed by atoms with Crippen LogP contribution in [-0.2, 0) is 4.79 Å². The van der Waals surface area contributed by atoms with Crippen LogP contribution in [0.4, 0.5) is 0 Å². The van der Waals surface area contributed by atoms with Crippen LogP contribution in [0.1, 0.15) is 46.5 Å². The third kappa shape index (κ3) is 4.52. The van der Waals surface area contributed by atoms with Gasteiger partial charge < -0.3 is 10.6 Å². The van der Waals surface area contributed by atoms with Gasteiger partial charge in [-0.05, 0) is 11.8 Å². The van der Waals surface area contributed by atoms with E-state index in [1.54, 1.807) is 0 Å². The molecule has 1 saturated heterocycles. The van der Waals surface area contributed by atoms with E-state index in [4.69, 9.17) is 0 Å². The van der Waals surface area contributed by atoms with Gasteiger partial charge in [0.2, 0.25) is 5.91 Å². The average molecular weight is 226 g/mol. The number of unbranched alkanes of at least 4 members (excludes halogenated alkanes) is 2. The minimum atomic E-state index is 0.214. The highest BCUT2D eigenvalue weighted by Crippen LogP contribution is 2.22. The Hall–Kier alpha value is -0.570. The second kappa shape index (κ2) is 6.24. The van der Waals surface area contributed by atoms with Crippen LogP contribution >= 0.6 is 0 Å². The van der Waals surface area contributed by atoms with Gasteiger partial charge in [0.15, 0.2) is 0 Å². The third-order valence-electron chi connectivity index (χ3n) is 3.35. The standard InChI is InChI=1S/C13H26N2O/c1-4-5-6-7-13(2,3)10-15-12(16)11-8-14-9-11/h11,14H,4-10H2,1-3H3,(H,15,16). The normalized spacial score (nSPS) is 16.9. The van der Waals surface area contributed by atoms with Crippen LogP contribution in [0.5, 0.6) is 0 Å². The van der Waals surface area contributed by atoms with E-state index in [0.717, 1.165) is 19.6 Å². The molecule has 1 rings (SSSR count). The molecule has 3 heteroatoms. The first-order chi connectivity index (χ1) is 7.55. The molecule has 2 N–H and O–H groups in total. The molecule has 0 aliphatic carbocycles. The van der Waals surface area contributed by atoms with Gasteiger partial charge in [-0.15, -0.1) is 0 Å². The molecule has 3 nitrogen and oxygen atoms in total. The Bertz CT molecular complexity index is 222. The highest BCUT2D eigenvalue weighted by Gasteiger charge is 2.26. The molecule has 0 aromatic rings. The van der Waals surface area contributed by atoms with Crippen LogP contribution in [0.25, 0.3) is 0 Å². The highest BCUT2D eigenvalue weighted by atomic mass is 16.2. The molecular weight excluding hydrogens is 200 g/mol. The first-order valence-electron chi connectivity index (χ1n) is 6.53. The lowest BCUT2D eigenvalue weighted by atomic mass is 9.86. The summed E-state index contributed by atoms with van der Waals surface area (Å²) in [5.74, 6) is 0.439. The van der Waals surface area contributed by atoms with E-state index >= 15 is 0 Å². The zero-order valence-electron chi connectivity index (χ0n) is 10.9. The molecule has 1 heterocycles. The van der Waals surface area contributed by atoms with Gasteiger partial charge in [0.25, 0.3) is 0 Å². The van der Waals surface area contributed by atoms with Gasteiger partial charge in [0, 0.05) is 19.6 Å². The summed E-state index contributed by atoms with van der Waals surface area (Å²) in [6, 6.07) is 0. The van der Waals surface area contributed by atoms with E-state index in [0.29, 0.717) is 0 Å². The van der Waals surface area contributed by atoms with Crippen molar-refractivity contribution in [1.29, 1.82) is 0 Å². The van der Waals surface area contributed by atoms with E-state index in [-0.39, 0.29) is 17.2 Å². The fraction of sp³-hybridized carbons (Fsp3) is 0.923. The molecule has 0 saturated carbocycles. The van der Waals surface area contributed by atoms with Crippen LogP contribution in [0.2, 0.25) is 0 Å². The molecular formula is C13H26N2O. The Morgan fingerprint density at radius 3 is 2.56 bits per heavy atom. The van der Waals surface area contributed by atoms with Crippen LogP contribution in [-0.4, -0.2) is 25.5 Å². The minimum absolute atomic E-state index is 0.214. The summed E-state index contributed by atoms with van der Waals surface area (Å²) >= 11 is 0. The maximum absolute atomic E-state index is 11.7. The SMILES string of the molecule is CCCCCC(C)(C)CNC(=O)C1CNC1. The molecule has 94 valence electrons. The van der Waals surface area contributed by atoms with Crippen LogP contribution in [0.15, 0.2) is 0 Å². The lowest BCUT2D eigenvalue weighted by molar-refractivity contribution is -0.126. The van der Waals surface area contributed by atoms with E-state index < -0.39 is 0 Å². The fourth-order valence-corrected chi connectivity index (χ4v) is 1.89. The molecule has 1 aliphatic rings. The van der Waals surface area contributed by atoms with Crippen molar-refractivity contribution in [2.75, 3.05) is 19.6 Å². The average Bonchev–Trinajstić information content (AvgIpc) is 2.12. The smallest absolute Gasteiger partial charge is 0.225 e. The predicted molar refractivity (Wildman–Crippen MR) is 67.3 cm³/mol. The Balaban J connectivity index is 2.15. The van der Waals surface area contributed by atoms with Gasteiger partial charge in [-0.1, -0.05) is 40.0 Å². The summed E-state index contributed by atoms with van der Waals surface area (Å²) in [6.07, 6.45) is 5.02. The fourth-order valence-electron chi connectivity index (χ4n) is 1.89. The molecule has 0 bridgehead atoms. The lowest BCUT2D eigenvalue weighted by Crippen LogP contribution is -2.52. The quantitative estimate of drug-likeness (QED) is 0.651. The van der Waals surface area contributed by atoms with Crippen molar-refractivity contribution >= 4 is 5.91 Å². The zero-order chi connectivity index (χ0) is 12.0. The number of amides is 1. The molecule has 0 spiro atoms. The van der Waals surface area contributed by atoms with E-state index in [1.807, 2.05) is 0 Å². The number of hydrogen-bond donors (Lipinski definition) is 2. The predicted octanol–water partition coefficient (Wildman–Crippen LogP) is 1.93. The van der Waals surface area contributed by atoms with Gasteiger partial charge in [0.1, 0.15) is 0 Å². The summed E-state index contributed by atoms with van der Waals surface area (Å²) in [4.78, 5) is 11.7. The van der Waals surface area contributed by atoms with Crippen LogP contribution < -0.4 is 10.6 Å². The van der Waals surface area contributed by atoms with Gasteiger partial charge in [-0.3, -0.25) is 4.79 Å². The summed E-state index contributed by atoms with van der Waals surface area (Å²) in [5, 5.41) is 6.19. The summed E-state index contributed by atoms with van der Waals surface area (Å²) in [5.41, 5.74) is 0.238. The summed E-state index contributed by atoms with van der Waals surface area (Å²) < 4.78 is 0. The minimum Gasteiger partial charge on any atom is -0.355 e. The summed E-state index contributed by atoms with van der Waals surface area (Å²) in [7, 11) is 0. The zero-order valence-corrected chi connectivity index (χ0v) is 10.9. The van der Waals surface area contributed by atoms with E-state index in [9.17, 15) is 4.79 Å². The van der Waals surface area contributed by atoms with Gasteiger partial charge in [-0.2, -0.15) is 0 Å². The van der Waals surface area contributed by atoms with Crippen molar-refractivity contribution in [3.63, 3.8) is 0 Å². The highest BCUT2D eigenvalue weighted by molar-refractivity contribution is 5.80. The Labute approximate surface area is 99.4 Å².